The summed E-state index contributed by atoms with van der Waals surface area (Å²) in [6, 6.07) is 7.30. The molecule has 2 heterocycles. The van der Waals surface area contributed by atoms with E-state index in [1.54, 1.807) is 23.0 Å². The Hall–Kier alpha value is -2.14. The topological polar surface area (TPSA) is 56.7 Å². The largest absolute Gasteiger partial charge is 0.416 e. The maximum Gasteiger partial charge on any atom is 0.251 e. The highest BCUT2D eigenvalue weighted by Gasteiger charge is 2.14. The molecule has 0 fully saturated rings. The predicted octanol–water partition coefficient (Wildman–Crippen LogP) is 3.10. The summed E-state index contributed by atoms with van der Waals surface area (Å²) in [7, 11) is 1.87. The van der Waals surface area contributed by atoms with E-state index in [2.05, 4.69) is 15.3 Å². The molecule has 0 aliphatic rings. The zero-order valence-electron chi connectivity index (χ0n) is 10.5. The van der Waals surface area contributed by atoms with Crippen molar-refractivity contribution in [2.75, 3.05) is 0 Å². The lowest BCUT2D eigenvalue weighted by atomic mass is 10.2. The maximum absolute atomic E-state index is 5.94. The van der Waals surface area contributed by atoms with Crippen molar-refractivity contribution in [3.63, 3.8) is 0 Å². The van der Waals surface area contributed by atoms with E-state index in [1.807, 2.05) is 26.1 Å². The van der Waals surface area contributed by atoms with Gasteiger partial charge in [-0.15, -0.1) is 10.2 Å². The van der Waals surface area contributed by atoms with Crippen LogP contribution in [0.4, 0.5) is 0 Å². The number of rotatable bonds is 2. The van der Waals surface area contributed by atoms with Crippen molar-refractivity contribution < 1.29 is 4.42 Å². The molecular weight excluding hydrogens is 264 g/mol. The molecule has 0 aliphatic carbocycles. The summed E-state index contributed by atoms with van der Waals surface area (Å²) in [6.07, 6.45) is 1.71. The number of aromatic nitrogens is 4. The highest BCUT2D eigenvalue weighted by molar-refractivity contribution is 6.30. The third kappa shape index (κ3) is 2.13. The molecule has 1 aromatic carbocycles. The van der Waals surface area contributed by atoms with E-state index in [0.717, 1.165) is 16.8 Å². The van der Waals surface area contributed by atoms with Crippen LogP contribution in [0.15, 0.2) is 34.9 Å². The molecular formula is C13H11ClN4O. The molecule has 0 unspecified atom stereocenters. The van der Waals surface area contributed by atoms with Crippen LogP contribution < -0.4 is 0 Å². The van der Waals surface area contributed by atoms with Gasteiger partial charge in [0.05, 0.1) is 11.8 Å². The summed E-state index contributed by atoms with van der Waals surface area (Å²) >= 11 is 5.94. The Kier molecular flexibility index (Phi) is 2.83. The second kappa shape index (κ2) is 4.51. The van der Waals surface area contributed by atoms with E-state index in [-0.39, 0.29) is 0 Å². The van der Waals surface area contributed by atoms with Gasteiger partial charge in [0.15, 0.2) is 0 Å². The van der Waals surface area contributed by atoms with Gasteiger partial charge < -0.3 is 4.42 Å². The zero-order chi connectivity index (χ0) is 13.4. The van der Waals surface area contributed by atoms with Gasteiger partial charge >= 0.3 is 0 Å². The van der Waals surface area contributed by atoms with Gasteiger partial charge in [-0.25, -0.2) is 0 Å². The van der Waals surface area contributed by atoms with Crippen LogP contribution in [0.5, 0.6) is 0 Å². The van der Waals surface area contributed by atoms with Gasteiger partial charge in [0.25, 0.3) is 5.89 Å². The fraction of sp³-hybridized carbons (Fsp3) is 0.154. The molecule has 0 atom stereocenters. The van der Waals surface area contributed by atoms with Crippen molar-refractivity contribution in [3.05, 3.63) is 41.2 Å². The van der Waals surface area contributed by atoms with Crippen LogP contribution in [0.1, 0.15) is 5.69 Å². The van der Waals surface area contributed by atoms with Crippen LogP contribution in [-0.4, -0.2) is 20.0 Å². The van der Waals surface area contributed by atoms with E-state index >= 15 is 0 Å². The number of hydrogen-bond acceptors (Lipinski definition) is 4. The van der Waals surface area contributed by atoms with Gasteiger partial charge in [0.2, 0.25) is 5.89 Å². The first-order valence-corrected chi connectivity index (χ1v) is 6.11. The van der Waals surface area contributed by atoms with Gasteiger partial charge in [-0.1, -0.05) is 17.7 Å². The average Bonchev–Trinajstić information content (AvgIpc) is 2.98. The SMILES string of the molecule is Cc1c(-c2nnc(-c3cccc(Cl)c3)o2)cnn1C. The monoisotopic (exact) mass is 274 g/mol. The van der Waals surface area contributed by atoms with Crippen LogP contribution in [0.2, 0.25) is 5.02 Å². The van der Waals surface area contributed by atoms with Crippen LogP contribution >= 0.6 is 11.6 Å². The second-order valence-electron chi connectivity index (χ2n) is 4.19. The minimum absolute atomic E-state index is 0.445. The zero-order valence-corrected chi connectivity index (χ0v) is 11.2. The van der Waals surface area contributed by atoms with E-state index in [4.69, 9.17) is 16.0 Å². The number of hydrogen-bond donors (Lipinski definition) is 0. The highest BCUT2D eigenvalue weighted by Crippen LogP contribution is 2.26. The smallest absolute Gasteiger partial charge is 0.251 e. The third-order valence-corrected chi connectivity index (χ3v) is 3.20. The first-order chi connectivity index (χ1) is 9.15. The first kappa shape index (κ1) is 11.9. The summed E-state index contributed by atoms with van der Waals surface area (Å²) in [4.78, 5) is 0. The summed E-state index contributed by atoms with van der Waals surface area (Å²) in [5, 5.41) is 12.9. The van der Waals surface area contributed by atoms with Gasteiger partial charge in [0.1, 0.15) is 0 Å². The van der Waals surface area contributed by atoms with Crippen molar-refractivity contribution in [3.8, 4) is 22.9 Å². The fourth-order valence-electron chi connectivity index (χ4n) is 1.78. The summed E-state index contributed by atoms with van der Waals surface area (Å²) < 4.78 is 7.43. The molecule has 5 nitrogen and oxygen atoms in total. The number of aryl methyl sites for hydroxylation is 1. The second-order valence-corrected chi connectivity index (χ2v) is 4.63. The number of nitrogens with zero attached hydrogens (tertiary/aromatic N) is 4. The van der Waals surface area contributed by atoms with Crippen LogP contribution in [0.3, 0.4) is 0 Å². The van der Waals surface area contributed by atoms with Crippen molar-refractivity contribution in [1.29, 1.82) is 0 Å². The molecule has 0 amide bonds. The molecule has 0 saturated heterocycles. The molecule has 0 saturated carbocycles. The number of halogens is 1. The Morgan fingerprint density at radius 1 is 1.21 bits per heavy atom. The molecule has 0 N–H and O–H groups in total. The van der Waals surface area contributed by atoms with Gasteiger partial charge in [-0.3, -0.25) is 4.68 Å². The fourth-order valence-corrected chi connectivity index (χ4v) is 1.97. The molecule has 2 aromatic heterocycles. The van der Waals surface area contributed by atoms with Crippen molar-refractivity contribution in [2.45, 2.75) is 6.92 Å². The lowest BCUT2D eigenvalue weighted by Gasteiger charge is -1.96. The molecule has 0 spiro atoms. The van der Waals surface area contributed by atoms with Crippen molar-refractivity contribution in [2.24, 2.45) is 7.05 Å². The van der Waals surface area contributed by atoms with E-state index in [9.17, 15) is 0 Å². The number of benzene rings is 1. The molecule has 6 heteroatoms. The minimum atomic E-state index is 0.445. The molecule has 96 valence electrons. The lowest BCUT2D eigenvalue weighted by molar-refractivity contribution is 0.584. The Morgan fingerprint density at radius 3 is 2.68 bits per heavy atom. The molecule has 0 radical (unpaired) electrons. The van der Waals surface area contributed by atoms with Crippen molar-refractivity contribution >= 4 is 11.6 Å². The lowest BCUT2D eigenvalue weighted by Crippen LogP contribution is -1.92. The van der Waals surface area contributed by atoms with Gasteiger partial charge in [-0.2, -0.15) is 5.10 Å². The predicted molar refractivity (Wildman–Crippen MR) is 71.7 cm³/mol. The molecule has 0 bridgehead atoms. The van der Waals surface area contributed by atoms with Gasteiger partial charge in [-0.05, 0) is 25.1 Å². The average molecular weight is 275 g/mol. The van der Waals surface area contributed by atoms with Crippen LogP contribution in [0, 0.1) is 6.92 Å². The van der Waals surface area contributed by atoms with Crippen LogP contribution in [0.25, 0.3) is 22.9 Å². The standard InChI is InChI=1S/C13H11ClN4O/c1-8-11(7-15-18(8)2)13-17-16-12(19-13)9-4-3-5-10(14)6-9/h3-7H,1-2H3. The Bertz CT molecular complexity index is 732. The van der Waals surface area contributed by atoms with Crippen molar-refractivity contribution in [1.82, 2.24) is 20.0 Å². The maximum atomic E-state index is 5.94. The summed E-state index contributed by atoms with van der Waals surface area (Å²) in [5.74, 6) is 0.904. The minimum Gasteiger partial charge on any atom is -0.416 e. The normalized spacial score (nSPS) is 10.9. The Balaban J connectivity index is 2.02. The van der Waals surface area contributed by atoms with E-state index < -0.39 is 0 Å². The van der Waals surface area contributed by atoms with Crippen LogP contribution in [-0.2, 0) is 7.05 Å². The summed E-state index contributed by atoms with van der Waals surface area (Å²) in [6.45, 7) is 1.95. The third-order valence-electron chi connectivity index (χ3n) is 2.96. The molecule has 19 heavy (non-hydrogen) atoms. The quantitative estimate of drug-likeness (QED) is 0.720. The Morgan fingerprint density at radius 2 is 2.00 bits per heavy atom. The molecule has 3 rings (SSSR count). The highest BCUT2D eigenvalue weighted by atomic mass is 35.5. The van der Waals surface area contributed by atoms with Gasteiger partial charge in [0, 0.05) is 23.3 Å². The molecule has 3 aromatic rings. The summed E-state index contributed by atoms with van der Waals surface area (Å²) in [5.41, 5.74) is 2.61. The van der Waals surface area contributed by atoms with E-state index in [0.29, 0.717) is 16.8 Å². The van der Waals surface area contributed by atoms with E-state index in [1.165, 1.54) is 0 Å². The molecule has 0 aliphatic heterocycles. The first-order valence-electron chi connectivity index (χ1n) is 5.73. The Labute approximate surface area is 114 Å².